The summed E-state index contributed by atoms with van der Waals surface area (Å²) in [6.07, 6.45) is 5.35. The summed E-state index contributed by atoms with van der Waals surface area (Å²) in [5.41, 5.74) is 1.61. The standard InChI is InChI=1S/C15H23NO2S/c1-16-14(9-6-12-19(2,17)18)15(10-11-15)13-7-4-3-5-8-13/h3-5,7-8,14,16H,6,9-12H2,1-2H3. The maximum absolute atomic E-state index is 11.2. The van der Waals surface area contributed by atoms with E-state index >= 15 is 0 Å². The van der Waals surface area contributed by atoms with Crippen molar-refractivity contribution in [2.75, 3.05) is 19.1 Å². The third kappa shape index (κ3) is 3.57. The van der Waals surface area contributed by atoms with Crippen molar-refractivity contribution in [3.8, 4) is 0 Å². The van der Waals surface area contributed by atoms with Gasteiger partial charge in [-0.3, -0.25) is 0 Å². The first-order chi connectivity index (χ1) is 8.98. The Balaban J connectivity index is 2.02. The minimum atomic E-state index is -2.85. The summed E-state index contributed by atoms with van der Waals surface area (Å²) in [4.78, 5) is 0. The number of rotatable bonds is 7. The van der Waals surface area contributed by atoms with Crippen molar-refractivity contribution in [3.05, 3.63) is 35.9 Å². The van der Waals surface area contributed by atoms with Gasteiger partial charge < -0.3 is 5.32 Å². The second-order valence-electron chi connectivity index (χ2n) is 5.64. The Labute approximate surface area is 116 Å². The van der Waals surface area contributed by atoms with Gasteiger partial charge in [-0.2, -0.15) is 0 Å². The molecule has 1 aliphatic carbocycles. The van der Waals surface area contributed by atoms with Crippen LogP contribution >= 0.6 is 0 Å². The van der Waals surface area contributed by atoms with Crippen LogP contribution in [0.2, 0.25) is 0 Å². The molecule has 1 aliphatic rings. The van der Waals surface area contributed by atoms with Crippen LogP contribution in [-0.2, 0) is 15.3 Å². The molecule has 0 saturated heterocycles. The van der Waals surface area contributed by atoms with Gasteiger partial charge in [-0.25, -0.2) is 8.42 Å². The largest absolute Gasteiger partial charge is 0.316 e. The topological polar surface area (TPSA) is 46.2 Å². The average Bonchev–Trinajstić information content (AvgIpc) is 3.16. The predicted octanol–water partition coefficient (Wildman–Crippen LogP) is 2.13. The van der Waals surface area contributed by atoms with Crippen LogP contribution < -0.4 is 5.32 Å². The van der Waals surface area contributed by atoms with Crippen LogP contribution in [0.15, 0.2) is 30.3 Å². The van der Waals surface area contributed by atoms with E-state index in [2.05, 4.69) is 29.6 Å². The molecule has 0 amide bonds. The van der Waals surface area contributed by atoms with Crippen molar-refractivity contribution in [2.24, 2.45) is 0 Å². The van der Waals surface area contributed by atoms with Crippen LogP contribution in [0.3, 0.4) is 0 Å². The van der Waals surface area contributed by atoms with Crippen LogP contribution in [0.5, 0.6) is 0 Å². The Morgan fingerprint density at radius 1 is 1.26 bits per heavy atom. The molecule has 1 saturated carbocycles. The Bertz CT molecular complexity index is 506. The molecule has 19 heavy (non-hydrogen) atoms. The molecule has 0 aliphatic heterocycles. The van der Waals surface area contributed by atoms with Crippen molar-refractivity contribution < 1.29 is 8.42 Å². The summed E-state index contributed by atoms with van der Waals surface area (Å²) in [6, 6.07) is 11.0. The maximum Gasteiger partial charge on any atom is 0.147 e. The van der Waals surface area contributed by atoms with Gasteiger partial charge in [0.1, 0.15) is 9.84 Å². The lowest BCUT2D eigenvalue weighted by molar-refractivity contribution is 0.415. The Hall–Kier alpha value is -0.870. The lowest BCUT2D eigenvalue weighted by Gasteiger charge is -2.27. The first-order valence-corrected chi connectivity index (χ1v) is 8.94. The van der Waals surface area contributed by atoms with E-state index in [1.54, 1.807) is 0 Å². The van der Waals surface area contributed by atoms with E-state index in [0.717, 1.165) is 12.8 Å². The third-order valence-corrected chi connectivity index (χ3v) is 5.19. The second-order valence-corrected chi connectivity index (χ2v) is 7.90. The molecule has 1 aromatic rings. The van der Waals surface area contributed by atoms with E-state index in [4.69, 9.17) is 0 Å². The smallest absolute Gasteiger partial charge is 0.147 e. The lowest BCUT2D eigenvalue weighted by atomic mass is 9.85. The van der Waals surface area contributed by atoms with Gasteiger partial charge in [0.05, 0.1) is 0 Å². The fraction of sp³-hybridized carbons (Fsp3) is 0.600. The van der Waals surface area contributed by atoms with E-state index in [1.165, 1.54) is 24.7 Å². The average molecular weight is 281 g/mol. The minimum absolute atomic E-state index is 0.230. The van der Waals surface area contributed by atoms with E-state index in [1.807, 2.05) is 13.1 Å². The highest BCUT2D eigenvalue weighted by molar-refractivity contribution is 7.90. The summed E-state index contributed by atoms with van der Waals surface area (Å²) in [6.45, 7) is 0. The highest BCUT2D eigenvalue weighted by atomic mass is 32.2. The Morgan fingerprint density at radius 2 is 1.89 bits per heavy atom. The summed E-state index contributed by atoms with van der Waals surface area (Å²) in [7, 11) is -0.865. The Kier molecular flexibility index (Phi) is 4.31. The fourth-order valence-electron chi connectivity index (χ4n) is 2.99. The lowest BCUT2D eigenvalue weighted by Crippen LogP contribution is -2.38. The van der Waals surface area contributed by atoms with Crippen LogP contribution in [0.25, 0.3) is 0 Å². The van der Waals surface area contributed by atoms with Gasteiger partial charge in [0.2, 0.25) is 0 Å². The van der Waals surface area contributed by atoms with E-state index in [-0.39, 0.29) is 11.2 Å². The number of nitrogens with one attached hydrogen (secondary N) is 1. The van der Waals surface area contributed by atoms with E-state index in [9.17, 15) is 8.42 Å². The van der Waals surface area contributed by atoms with Gasteiger partial charge in [0.15, 0.2) is 0 Å². The molecule has 1 atom stereocenters. The molecule has 0 aromatic heterocycles. The summed E-state index contributed by atoms with van der Waals surface area (Å²) >= 11 is 0. The van der Waals surface area contributed by atoms with Crippen LogP contribution in [0.4, 0.5) is 0 Å². The molecule has 1 aromatic carbocycles. The minimum Gasteiger partial charge on any atom is -0.316 e. The third-order valence-electron chi connectivity index (χ3n) is 4.16. The highest BCUT2D eigenvalue weighted by Crippen LogP contribution is 2.51. The zero-order valence-electron chi connectivity index (χ0n) is 11.7. The molecule has 1 N–H and O–H groups in total. The van der Waals surface area contributed by atoms with Crippen LogP contribution in [-0.4, -0.2) is 33.5 Å². The highest BCUT2D eigenvalue weighted by Gasteiger charge is 2.49. The van der Waals surface area contributed by atoms with Gasteiger partial charge in [0, 0.05) is 23.5 Å². The molecule has 0 heterocycles. The quantitative estimate of drug-likeness (QED) is 0.833. The molecule has 1 unspecified atom stereocenters. The van der Waals surface area contributed by atoms with Crippen molar-refractivity contribution >= 4 is 9.84 Å². The van der Waals surface area contributed by atoms with Crippen LogP contribution in [0, 0.1) is 0 Å². The van der Waals surface area contributed by atoms with Gasteiger partial charge in [0.25, 0.3) is 0 Å². The van der Waals surface area contributed by atoms with Crippen LogP contribution in [0.1, 0.15) is 31.2 Å². The number of likely N-dealkylation sites (N-methyl/N-ethyl adjacent to an activating group) is 1. The van der Waals surface area contributed by atoms with E-state index in [0.29, 0.717) is 6.04 Å². The normalized spacial score (nSPS) is 19.1. The second kappa shape index (κ2) is 5.63. The molecule has 0 bridgehead atoms. The molecular formula is C15H23NO2S. The van der Waals surface area contributed by atoms with Gasteiger partial charge in [-0.05, 0) is 38.3 Å². The molecule has 1 fully saturated rings. The first kappa shape index (κ1) is 14.5. The molecule has 0 radical (unpaired) electrons. The maximum atomic E-state index is 11.2. The molecule has 4 heteroatoms. The number of sulfone groups is 1. The summed E-state index contributed by atoms with van der Waals surface area (Å²) in [5.74, 6) is 0.288. The van der Waals surface area contributed by atoms with Crippen molar-refractivity contribution in [1.29, 1.82) is 0 Å². The molecular weight excluding hydrogens is 258 g/mol. The molecule has 106 valence electrons. The van der Waals surface area contributed by atoms with Crippen molar-refractivity contribution in [2.45, 2.75) is 37.1 Å². The SMILES string of the molecule is CNC(CCCS(C)(=O)=O)C1(c2ccccc2)CC1. The number of hydrogen-bond donors (Lipinski definition) is 1. The van der Waals surface area contributed by atoms with Gasteiger partial charge in [-0.15, -0.1) is 0 Å². The van der Waals surface area contributed by atoms with Crippen molar-refractivity contribution in [3.63, 3.8) is 0 Å². The fourth-order valence-corrected chi connectivity index (χ4v) is 3.68. The monoisotopic (exact) mass is 281 g/mol. The zero-order valence-corrected chi connectivity index (χ0v) is 12.5. The summed E-state index contributed by atoms with van der Waals surface area (Å²) < 4.78 is 22.4. The van der Waals surface area contributed by atoms with Gasteiger partial charge >= 0.3 is 0 Å². The molecule has 3 nitrogen and oxygen atoms in total. The molecule has 0 spiro atoms. The van der Waals surface area contributed by atoms with Crippen molar-refractivity contribution in [1.82, 2.24) is 5.32 Å². The zero-order chi connectivity index (χ0) is 13.9. The number of benzene rings is 1. The summed E-state index contributed by atoms with van der Waals surface area (Å²) in [5, 5.41) is 3.39. The van der Waals surface area contributed by atoms with E-state index < -0.39 is 9.84 Å². The predicted molar refractivity (Wildman–Crippen MR) is 79.1 cm³/mol. The molecule has 2 rings (SSSR count). The first-order valence-electron chi connectivity index (χ1n) is 6.88. The number of hydrogen-bond acceptors (Lipinski definition) is 3. The Morgan fingerprint density at radius 3 is 2.37 bits per heavy atom. The van der Waals surface area contributed by atoms with Gasteiger partial charge in [-0.1, -0.05) is 30.3 Å².